The van der Waals surface area contributed by atoms with Crippen molar-refractivity contribution in [3.8, 4) is 0 Å². The normalized spacial score (nSPS) is 19.4. The number of nitrogens with zero attached hydrogens (tertiary/aromatic N) is 2. The molecule has 1 aromatic carbocycles. The van der Waals surface area contributed by atoms with Crippen LogP contribution < -0.4 is 15.4 Å². The van der Waals surface area contributed by atoms with Crippen LogP contribution in [0.2, 0.25) is 0 Å². The third-order valence-corrected chi connectivity index (χ3v) is 5.25. The van der Waals surface area contributed by atoms with Gasteiger partial charge in [-0.25, -0.2) is 13.1 Å². The Morgan fingerprint density at radius 3 is 2.71 bits per heavy atom. The van der Waals surface area contributed by atoms with E-state index in [0.29, 0.717) is 11.7 Å². The maximum atomic E-state index is 11.8. The van der Waals surface area contributed by atoms with E-state index >= 15 is 0 Å². The first-order valence-corrected chi connectivity index (χ1v) is 8.58. The lowest BCUT2D eigenvalue weighted by atomic mass is 10.2. The average Bonchev–Trinajstić information content (AvgIpc) is 2.85. The maximum absolute atomic E-state index is 11.8. The van der Waals surface area contributed by atoms with E-state index in [1.807, 2.05) is 6.07 Å². The van der Waals surface area contributed by atoms with Crippen LogP contribution in [0.5, 0.6) is 0 Å². The number of nitrogen functional groups attached to an aromatic ring is 1. The summed E-state index contributed by atoms with van der Waals surface area (Å²) >= 11 is 0. The predicted molar refractivity (Wildman–Crippen MR) is 86.0 cm³/mol. The van der Waals surface area contributed by atoms with E-state index in [1.54, 1.807) is 6.07 Å². The van der Waals surface area contributed by atoms with Gasteiger partial charge in [0.1, 0.15) is 0 Å². The van der Waals surface area contributed by atoms with Gasteiger partial charge in [0.05, 0.1) is 16.3 Å². The molecule has 0 aliphatic carbocycles. The Hall–Kier alpha value is -1.31. The summed E-state index contributed by atoms with van der Waals surface area (Å²) in [4.78, 5) is 4.65. The molecule has 0 amide bonds. The first-order chi connectivity index (χ1) is 9.85. The van der Waals surface area contributed by atoms with Crippen LogP contribution >= 0.6 is 0 Å². The van der Waals surface area contributed by atoms with Crippen LogP contribution in [-0.4, -0.2) is 53.6 Å². The molecular weight excluding hydrogens is 288 g/mol. The highest BCUT2D eigenvalue weighted by Gasteiger charge is 2.27. The van der Waals surface area contributed by atoms with Crippen LogP contribution in [-0.2, 0) is 10.0 Å². The minimum absolute atomic E-state index is 0.203. The molecule has 1 aliphatic heterocycles. The Labute approximate surface area is 127 Å². The van der Waals surface area contributed by atoms with Gasteiger partial charge in [-0.15, -0.1) is 0 Å². The van der Waals surface area contributed by atoms with Gasteiger partial charge in [-0.05, 0) is 52.2 Å². The van der Waals surface area contributed by atoms with Crippen molar-refractivity contribution in [2.75, 3.05) is 44.9 Å². The quantitative estimate of drug-likeness (QED) is 0.783. The summed E-state index contributed by atoms with van der Waals surface area (Å²) < 4.78 is 25.9. The zero-order valence-electron chi connectivity index (χ0n) is 12.8. The number of sulfonamides is 1. The second kappa shape index (κ2) is 6.21. The van der Waals surface area contributed by atoms with Crippen LogP contribution in [0, 0.1) is 0 Å². The SMILES string of the molecule is CNS(=O)(=O)c1ccc(N2CCCC2CN(C)C)c(N)c1. The van der Waals surface area contributed by atoms with Crippen molar-refractivity contribution in [3.63, 3.8) is 0 Å². The number of nitrogens with two attached hydrogens (primary N) is 1. The summed E-state index contributed by atoms with van der Waals surface area (Å²) in [7, 11) is 2.06. The summed E-state index contributed by atoms with van der Waals surface area (Å²) in [6.07, 6.45) is 2.27. The standard InChI is InChI=1S/C14H24N4O2S/c1-16-21(19,20)12-6-7-14(13(15)9-12)18-8-4-5-11(18)10-17(2)3/h6-7,9,11,16H,4-5,8,10,15H2,1-3H3. The molecule has 1 fully saturated rings. The van der Waals surface area contributed by atoms with Crippen molar-refractivity contribution in [1.29, 1.82) is 0 Å². The number of rotatable bonds is 5. The molecule has 1 unspecified atom stereocenters. The molecule has 1 atom stereocenters. The molecule has 0 aromatic heterocycles. The Morgan fingerprint density at radius 2 is 2.14 bits per heavy atom. The highest BCUT2D eigenvalue weighted by Crippen LogP contribution is 2.32. The monoisotopic (exact) mass is 312 g/mol. The van der Waals surface area contributed by atoms with Crippen molar-refractivity contribution in [3.05, 3.63) is 18.2 Å². The summed E-state index contributed by atoms with van der Waals surface area (Å²) in [5.41, 5.74) is 7.53. The van der Waals surface area contributed by atoms with Gasteiger partial charge in [-0.1, -0.05) is 0 Å². The van der Waals surface area contributed by atoms with E-state index in [-0.39, 0.29) is 4.90 Å². The molecule has 0 spiro atoms. The van der Waals surface area contributed by atoms with Gasteiger partial charge >= 0.3 is 0 Å². The molecule has 118 valence electrons. The van der Waals surface area contributed by atoms with Crippen molar-refractivity contribution >= 4 is 21.4 Å². The van der Waals surface area contributed by atoms with Gasteiger partial charge in [-0.2, -0.15) is 0 Å². The average molecular weight is 312 g/mol. The molecule has 6 nitrogen and oxygen atoms in total. The number of nitrogens with one attached hydrogen (secondary N) is 1. The summed E-state index contributed by atoms with van der Waals surface area (Å²) in [6, 6.07) is 5.39. The molecule has 21 heavy (non-hydrogen) atoms. The fourth-order valence-electron chi connectivity index (χ4n) is 2.84. The lowest BCUT2D eigenvalue weighted by molar-refractivity contribution is 0.372. The van der Waals surface area contributed by atoms with E-state index in [4.69, 9.17) is 5.73 Å². The Morgan fingerprint density at radius 1 is 1.43 bits per heavy atom. The van der Waals surface area contributed by atoms with Gasteiger partial charge in [0.25, 0.3) is 0 Å². The first-order valence-electron chi connectivity index (χ1n) is 7.09. The van der Waals surface area contributed by atoms with Gasteiger partial charge < -0.3 is 15.5 Å². The Balaban J connectivity index is 2.29. The van der Waals surface area contributed by atoms with E-state index in [2.05, 4.69) is 28.6 Å². The molecule has 3 N–H and O–H groups in total. The van der Waals surface area contributed by atoms with Crippen LogP contribution in [0.1, 0.15) is 12.8 Å². The lowest BCUT2D eigenvalue weighted by Crippen LogP contribution is -2.37. The summed E-state index contributed by atoms with van der Waals surface area (Å²) in [5.74, 6) is 0. The molecule has 0 bridgehead atoms. The van der Waals surface area contributed by atoms with E-state index in [9.17, 15) is 8.42 Å². The van der Waals surface area contributed by atoms with Gasteiger partial charge in [-0.3, -0.25) is 0 Å². The van der Waals surface area contributed by atoms with Crippen molar-refractivity contribution < 1.29 is 8.42 Å². The number of hydrogen-bond acceptors (Lipinski definition) is 5. The highest BCUT2D eigenvalue weighted by molar-refractivity contribution is 7.89. The molecule has 0 saturated carbocycles. The smallest absolute Gasteiger partial charge is 0.240 e. The van der Waals surface area contributed by atoms with Crippen molar-refractivity contribution in [1.82, 2.24) is 9.62 Å². The van der Waals surface area contributed by atoms with Crippen LogP contribution in [0.4, 0.5) is 11.4 Å². The molecule has 1 heterocycles. The highest BCUT2D eigenvalue weighted by atomic mass is 32.2. The minimum Gasteiger partial charge on any atom is -0.397 e. The van der Waals surface area contributed by atoms with Crippen molar-refractivity contribution in [2.45, 2.75) is 23.8 Å². The lowest BCUT2D eigenvalue weighted by Gasteiger charge is -2.30. The zero-order chi connectivity index (χ0) is 15.6. The molecular formula is C14H24N4O2S. The number of anilines is 2. The number of benzene rings is 1. The molecule has 0 radical (unpaired) electrons. The van der Waals surface area contributed by atoms with E-state index in [1.165, 1.54) is 13.1 Å². The topological polar surface area (TPSA) is 78.7 Å². The maximum Gasteiger partial charge on any atom is 0.240 e. The number of hydrogen-bond donors (Lipinski definition) is 2. The van der Waals surface area contributed by atoms with E-state index in [0.717, 1.165) is 31.6 Å². The Bertz CT molecular complexity index is 601. The van der Waals surface area contributed by atoms with Crippen LogP contribution in [0.3, 0.4) is 0 Å². The summed E-state index contributed by atoms with van der Waals surface area (Å²) in [6.45, 7) is 1.93. The second-order valence-corrected chi connectivity index (χ2v) is 7.57. The van der Waals surface area contributed by atoms with Gasteiger partial charge in [0.15, 0.2) is 0 Å². The molecule has 1 aliphatic rings. The molecule has 1 saturated heterocycles. The first kappa shape index (κ1) is 16.1. The van der Waals surface area contributed by atoms with E-state index < -0.39 is 10.0 Å². The fraction of sp³-hybridized carbons (Fsp3) is 0.571. The number of likely N-dealkylation sites (N-methyl/N-ethyl adjacent to an activating group) is 1. The zero-order valence-corrected chi connectivity index (χ0v) is 13.7. The minimum atomic E-state index is -3.45. The second-order valence-electron chi connectivity index (χ2n) is 5.68. The third kappa shape index (κ3) is 3.48. The van der Waals surface area contributed by atoms with Crippen LogP contribution in [0.25, 0.3) is 0 Å². The van der Waals surface area contributed by atoms with Crippen LogP contribution in [0.15, 0.2) is 23.1 Å². The predicted octanol–water partition coefficient (Wildman–Crippen LogP) is 0.707. The van der Waals surface area contributed by atoms with Gasteiger partial charge in [0.2, 0.25) is 10.0 Å². The molecule has 1 aromatic rings. The summed E-state index contributed by atoms with van der Waals surface area (Å²) in [5, 5.41) is 0. The fourth-order valence-corrected chi connectivity index (χ4v) is 3.61. The molecule has 2 rings (SSSR count). The Kier molecular flexibility index (Phi) is 4.75. The third-order valence-electron chi connectivity index (χ3n) is 3.84. The molecule has 7 heteroatoms. The van der Waals surface area contributed by atoms with Crippen molar-refractivity contribution in [2.24, 2.45) is 0 Å². The van der Waals surface area contributed by atoms with Gasteiger partial charge in [0, 0.05) is 19.1 Å². The largest absolute Gasteiger partial charge is 0.397 e.